The predicted molar refractivity (Wildman–Crippen MR) is 81.8 cm³/mol. The molecule has 0 aromatic rings. The smallest absolute Gasteiger partial charge is 0.0844 e. The van der Waals surface area contributed by atoms with E-state index in [-0.39, 0.29) is 11.6 Å². The van der Waals surface area contributed by atoms with Crippen LogP contribution in [0.25, 0.3) is 0 Å². The first-order chi connectivity index (χ1) is 8.93. The van der Waals surface area contributed by atoms with Gasteiger partial charge in [-0.2, -0.15) is 0 Å². The predicted octanol–water partition coefficient (Wildman–Crippen LogP) is 3.63. The van der Waals surface area contributed by atoms with Crippen molar-refractivity contribution in [1.29, 1.82) is 0 Å². The summed E-state index contributed by atoms with van der Waals surface area (Å²) < 4.78 is 5.97. The number of hydrogen-bond acceptors (Lipinski definition) is 3. The van der Waals surface area contributed by atoms with Crippen LogP contribution in [-0.4, -0.2) is 18.8 Å². The quantitative estimate of drug-likeness (QED) is 0.548. The monoisotopic (exact) mass is 270 g/mol. The summed E-state index contributed by atoms with van der Waals surface area (Å²) in [7, 11) is 1.86. The molecule has 1 saturated carbocycles. The SMILES string of the molecule is CCC(CC)CC(NN)C1(OC)CCC(C)(C)CC1. The Bertz CT molecular complexity index is 251. The van der Waals surface area contributed by atoms with Crippen LogP contribution in [0.15, 0.2) is 0 Å². The van der Waals surface area contributed by atoms with E-state index in [1.807, 2.05) is 7.11 Å². The Hall–Kier alpha value is -0.120. The van der Waals surface area contributed by atoms with Gasteiger partial charge < -0.3 is 4.74 Å². The molecule has 1 rings (SSSR count). The van der Waals surface area contributed by atoms with Gasteiger partial charge in [0, 0.05) is 7.11 Å². The third-order valence-corrected chi connectivity index (χ3v) is 5.42. The summed E-state index contributed by atoms with van der Waals surface area (Å²) in [6.45, 7) is 9.26. The second-order valence-electron chi connectivity index (χ2n) is 7.07. The van der Waals surface area contributed by atoms with Gasteiger partial charge in [-0.3, -0.25) is 11.3 Å². The van der Waals surface area contributed by atoms with E-state index < -0.39 is 0 Å². The molecule has 3 nitrogen and oxygen atoms in total. The molecule has 0 bridgehead atoms. The van der Waals surface area contributed by atoms with E-state index in [4.69, 9.17) is 10.6 Å². The Morgan fingerprint density at radius 3 is 2.00 bits per heavy atom. The molecule has 0 heterocycles. The van der Waals surface area contributed by atoms with E-state index in [9.17, 15) is 0 Å². The number of hydrogen-bond donors (Lipinski definition) is 2. The number of ether oxygens (including phenoxy) is 1. The molecule has 0 aliphatic heterocycles. The molecule has 3 N–H and O–H groups in total. The maximum atomic E-state index is 5.97. The van der Waals surface area contributed by atoms with Gasteiger partial charge in [0.25, 0.3) is 0 Å². The number of hydrazine groups is 1. The van der Waals surface area contributed by atoms with Crippen molar-refractivity contribution in [3.8, 4) is 0 Å². The van der Waals surface area contributed by atoms with E-state index >= 15 is 0 Å². The normalized spacial score (nSPS) is 23.5. The van der Waals surface area contributed by atoms with Crippen molar-refractivity contribution < 1.29 is 4.74 Å². The van der Waals surface area contributed by atoms with Gasteiger partial charge >= 0.3 is 0 Å². The molecule has 1 aliphatic rings. The molecule has 114 valence electrons. The van der Waals surface area contributed by atoms with Crippen molar-refractivity contribution in [3.63, 3.8) is 0 Å². The van der Waals surface area contributed by atoms with Crippen molar-refractivity contribution in [2.45, 2.75) is 84.3 Å². The molecular formula is C16H34N2O. The summed E-state index contributed by atoms with van der Waals surface area (Å²) in [5.41, 5.74) is 3.46. The standard InChI is InChI=1S/C16H34N2O/c1-6-13(7-2)12-14(18-17)16(19-5)10-8-15(3,4)9-11-16/h13-14,18H,6-12,17H2,1-5H3. The van der Waals surface area contributed by atoms with Gasteiger partial charge in [-0.1, -0.05) is 40.5 Å². The van der Waals surface area contributed by atoms with Gasteiger partial charge in [-0.25, -0.2) is 0 Å². The number of nitrogens with two attached hydrogens (primary N) is 1. The zero-order chi connectivity index (χ0) is 14.5. The maximum absolute atomic E-state index is 5.97. The van der Waals surface area contributed by atoms with Crippen LogP contribution in [0.4, 0.5) is 0 Å². The van der Waals surface area contributed by atoms with Crippen molar-refractivity contribution in [1.82, 2.24) is 5.43 Å². The second-order valence-corrected chi connectivity index (χ2v) is 7.07. The maximum Gasteiger partial charge on any atom is 0.0844 e. The van der Waals surface area contributed by atoms with Crippen molar-refractivity contribution in [2.75, 3.05) is 7.11 Å². The Kier molecular flexibility index (Phi) is 6.28. The molecule has 1 aliphatic carbocycles. The number of nitrogens with one attached hydrogen (secondary N) is 1. The molecule has 1 atom stereocenters. The van der Waals surface area contributed by atoms with Crippen LogP contribution < -0.4 is 11.3 Å². The first-order valence-electron chi connectivity index (χ1n) is 7.94. The number of methoxy groups -OCH3 is 1. The Labute approximate surface area is 119 Å². The van der Waals surface area contributed by atoms with Gasteiger partial charge in [0.15, 0.2) is 0 Å². The van der Waals surface area contributed by atoms with Gasteiger partial charge in [-0.15, -0.1) is 0 Å². The van der Waals surface area contributed by atoms with E-state index in [0.717, 1.165) is 25.2 Å². The van der Waals surface area contributed by atoms with Gasteiger partial charge in [0.05, 0.1) is 11.6 Å². The summed E-state index contributed by atoms with van der Waals surface area (Å²) in [5, 5.41) is 0. The van der Waals surface area contributed by atoms with Crippen LogP contribution >= 0.6 is 0 Å². The number of rotatable bonds is 7. The van der Waals surface area contributed by atoms with Crippen LogP contribution in [0, 0.1) is 11.3 Å². The largest absolute Gasteiger partial charge is 0.377 e. The van der Waals surface area contributed by atoms with E-state index in [1.54, 1.807) is 0 Å². The minimum atomic E-state index is -0.0626. The Morgan fingerprint density at radius 1 is 1.11 bits per heavy atom. The topological polar surface area (TPSA) is 47.3 Å². The molecule has 0 aromatic carbocycles. The fourth-order valence-electron chi connectivity index (χ4n) is 3.43. The Morgan fingerprint density at radius 2 is 1.63 bits per heavy atom. The zero-order valence-corrected chi connectivity index (χ0v) is 13.6. The highest BCUT2D eigenvalue weighted by atomic mass is 16.5. The summed E-state index contributed by atoms with van der Waals surface area (Å²) >= 11 is 0. The van der Waals surface area contributed by atoms with Gasteiger partial charge in [0.2, 0.25) is 0 Å². The molecular weight excluding hydrogens is 236 g/mol. The molecule has 1 unspecified atom stereocenters. The third-order valence-electron chi connectivity index (χ3n) is 5.42. The summed E-state index contributed by atoms with van der Waals surface area (Å²) in [6, 6.07) is 0.276. The molecule has 19 heavy (non-hydrogen) atoms. The van der Waals surface area contributed by atoms with Gasteiger partial charge in [0.1, 0.15) is 0 Å². The second kappa shape index (κ2) is 7.05. The van der Waals surface area contributed by atoms with Crippen LogP contribution in [0.1, 0.15) is 72.6 Å². The highest BCUT2D eigenvalue weighted by Gasteiger charge is 2.44. The first-order valence-corrected chi connectivity index (χ1v) is 7.94. The molecule has 3 heteroatoms. The lowest BCUT2D eigenvalue weighted by atomic mass is 9.67. The molecule has 0 spiro atoms. The average Bonchev–Trinajstić information content (AvgIpc) is 2.42. The van der Waals surface area contributed by atoms with Crippen molar-refractivity contribution >= 4 is 0 Å². The van der Waals surface area contributed by atoms with Crippen molar-refractivity contribution in [2.24, 2.45) is 17.2 Å². The zero-order valence-electron chi connectivity index (χ0n) is 13.6. The minimum Gasteiger partial charge on any atom is -0.377 e. The van der Waals surface area contributed by atoms with Crippen LogP contribution in [-0.2, 0) is 4.74 Å². The van der Waals surface area contributed by atoms with E-state index in [0.29, 0.717) is 5.41 Å². The third kappa shape index (κ3) is 4.17. The van der Waals surface area contributed by atoms with Gasteiger partial charge in [-0.05, 0) is 43.4 Å². The van der Waals surface area contributed by atoms with Crippen LogP contribution in [0.5, 0.6) is 0 Å². The Balaban J connectivity index is 2.75. The molecule has 0 amide bonds. The fraction of sp³-hybridized carbons (Fsp3) is 1.00. The van der Waals surface area contributed by atoms with Crippen LogP contribution in [0.2, 0.25) is 0 Å². The van der Waals surface area contributed by atoms with E-state index in [2.05, 4.69) is 33.1 Å². The summed E-state index contributed by atoms with van der Waals surface area (Å²) in [6.07, 6.45) is 8.25. The lowest BCUT2D eigenvalue weighted by molar-refractivity contribution is -0.0909. The average molecular weight is 270 g/mol. The highest BCUT2D eigenvalue weighted by molar-refractivity contribution is 4.98. The molecule has 0 aromatic heterocycles. The minimum absolute atomic E-state index is 0.0626. The van der Waals surface area contributed by atoms with Crippen LogP contribution in [0.3, 0.4) is 0 Å². The molecule has 0 saturated heterocycles. The molecule has 0 radical (unpaired) electrons. The van der Waals surface area contributed by atoms with Crippen molar-refractivity contribution in [3.05, 3.63) is 0 Å². The van der Waals surface area contributed by atoms with E-state index in [1.165, 1.54) is 25.7 Å². The lowest BCUT2D eigenvalue weighted by Gasteiger charge is -2.47. The first kappa shape index (κ1) is 16.9. The lowest BCUT2D eigenvalue weighted by Crippen LogP contribution is -2.57. The fourth-order valence-corrected chi connectivity index (χ4v) is 3.43. The highest BCUT2D eigenvalue weighted by Crippen LogP contribution is 2.44. The molecule has 1 fully saturated rings. The summed E-state index contributed by atoms with van der Waals surface area (Å²) in [5.74, 6) is 6.60. The summed E-state index contributed by atoms with van der Waals surface area (Å²) in [4.78, 5) is 0.